The standard InChI is InChI=1S/C21H25ClN2O2/c1-3-17(18-7-5-4-6-16(18)2)19-14-21(23-15-20(19)22)26-13-10-24-8-11-25-12-9-24/h3-7,14-15,17H,1,8-13H2,2H3. The summed E-state index contributed by atoms with van der Waals surface area (Å²) < 4.78 is 11.2. The van der Waals surface area contributed by atoms with E-state index in [1.807, 2.05) is 24.3 Å². The Bertz CT molecular complexity index is 745. The molecule has 1 saturated heterocycles. The van der Waals surface area contributed by atoms with Crippen molar-refractivity contribution in [3.8, 4) is 5.88 Å². The molecule has 1 aromatic heterocycles. The number of rotatable bonds is 7. The molecule has 26 heavy (non-hydrogen) atoms. The lowest BCUT2D eigenvalue weighted by Gasteiger charge is -2.26. The van der Waals surface area contributed by atoms with Crippen LogP contribution in [-0.4, -0.2) is 49.3 Å². The number of pyridine rings is 1. The molecule has 138 valence electrons. The third-order valence-electron chi connectivity index (χ3n) is 4.72. The van der Waals surface area contributed by atoms with Crippen LogP contribution in [0.25, 0.3) is 0 Å². The first-order valence-corrected chi connectivity index (χ1v) is 9.33. The minimum atomic E-state index is 0.00768. The van der Waals surface area contributed by atoms with Crippen LogP contribution in [0.4, 0.5) is 0 Å². The summed E-state index contributed by atoms with van der Waals surface area (Å²) in [6.45, 7) is 11.1. The maximum Gasteiger partial charge on any atom is 0.213 e. The van der Waals surface area contributed by atoms with Crippen molar-refractivity contribution in [3.05, 3.63) is 70.9 Å². The van der Waals surface area contributed by atoms with Gasteiger partial charge in [-0.05, 0) is 23.6 Å². The first kappa shape index (κ1) is 18.9. The highest BCUT2D eigenvalue weighted by atomic mass is 35.5. The maximum atomic E-state index is 6.44. The van der Waals surface area contributed by atoms with Crippen molar-refractivity contribution in [2.24, 2.45) is 0 Å². The van der Waals surface area contributed by atoms with Crippen LogP contribution < -0.4 is 4.74 Å². The van der Waals surface area contributed by atoms with Gasteiger partial charge in [0.1, 0.15) is 6.61 Å². The molecule has 0 radical (unpaired) electrons. The van der Waals surface area contributed by atoms with E-state index >= 15 is 0 Å². The molecule has 1 fully saturated rings. The molecule has 2 heterocycles. The molecule has 0 aliphatic carbocycles. The van der Waals surface area contributed by atoms with E-state index in [9.17, 15) is 0 Å². The van der Waals surface area contributed by atoms with Gasteiger partial charge in [0.2, 0.25) is 5.88 Å². The van der Waals surface area contributed by atoms with Gasteiger partial charge in [0, 0.05) is 37.8 Å². The lowest BCUT2D eigenvalue weighted by atomic mass is 9.89. The lowest BCUT2D eigenvalue weighted by molar-refractivity contribution is 0.0320. The van der Waals surface area contributed by atoms with E-state index < -0.39 is 0 Å². The van der Waals surface area contributed by atoms with Gasteiger partial charge in [0.25, 0.3) is 0 Å². The maximum absolute atomic E-state index is 6.44. The number of morpholine rings is 1. The minimum absolute atomic E-state index is 0.00768. The second-order valence-electron chi connectivity index (χ2n) is 6.42. The first-order valence-electron chi connectivity index (χ1n) is 8.95. The molecule has 0 N–H and O–H groups in total. The van der Waals surface area contributed by atoms with Gasteiger partial charge in [-0.1, -0.05) is 41.9 Å². The Labute approximate surface area is 160 Å². The fourth-order valence-corrected chi connectivity index (χ4v) is 3.43. The lowest BCUT2D eigenvalue weighted by Crippen LogP contribution is -2.38. The number of allylic oxidation sites excluding steroid dienone is 1. The highest BCUT2D eigenvalue weighted by Crippen LogP contribution is 2.34. The van der Waals surface area contributed by atoms with Crippen LogP contribution in [0.1, 0.15) is 22.6 Å². The molecule has 5 heteroatoms. The van der Waals surface area contributed by atoms with Gasteiger partial charge in [0.15, 0.2) is 0 Å². The second kappa shape index (κ2) is 9.17. The van der Waals surface area contributed by atoms with Crippen molar-refractivity contribution in [2.75, 3.05) is 39.5 Å². The minimum Gasteiger partial charge on any atom is -0.476 e. The topological polar surface area (TPSA) is 34.6 Å². The quantitative estimate of drug-likeness (QED) is 0.686. The largest absolute Gasteiger partial charge is 0.476 e. The Morgan fingerprint density at radius 1 is 1.31 bits per heavy atom. The summed E-state index contributed by atoms with van der Waals surface area (Å²) in [5.41, 5.74) is 3.36. The van der Waals surface area contributed by atoms with Gasteiger partial charge in [-0.3, -0.25) is 4.90 Å². The predicted octanol–water partition coefficient (Wildman–Crippen LogP) is 4.07. The number of ether oxygens (including phenoxy) is 2. The summed E-state index contributed by atoms with van der Waals surface area (Å²) in [7, 11) is 0. The molecule has 0 saturated carbocycles. The molecule has 3 rings (SSSR count). The third-order valence-corrected chi connectivity index (χ3v) is 5.03. The predicted molar refractivity (Wildman–Crippen MR) is 105 cm³/mol. The van der Waals surface area contributed by atoms with Crippen LogP contribution in [0.15, 0.2) is 49.2 Å². The van der Waals surface area contributed by atoms with Gasteiger partial charge >= 0.3 is 0 Å². The van der Waals surface area contributed by atoms with Gasteiger partial charge in [-0.2, -0.15) is 0 Å². The zero-order valence-corrected chi connectivity index (χ0v) is 15.9. The molecule has 0 amide bonds. The molecule has 0 spiro atoms. The zero-order chi connectivity index (χ0) is 18.4. The monoisotopic (exact) mass is 372 g/mol. The number of aromatic nitrogens is 1. The van der Waals surface area contributed by atoms with E-state index in [0.717, 1.165) is 38.4 Å². The van der Waals surface area contributed by atoms with E-state index in [-0.39, 0.29) is 5.92 Å². The molecule has 1 aromatic carbocycles. The van der Waals surface area contributed by atoms with Gasteiger partial charge in [0.05, 0.1) is 18.2 Å². The van der Waals surface area contributed by atoms with Crippen molar-refractivity contribution in [1.29, 1.82) is 0 Å². The van der Waals surface area contributed by atoms with E-state index in [0.29, 0.717) is 17.5 Å². The van der Waals surface area contributed by atoms with E-state index in [1.165, 1.54) is 11.1 Å². The number of hydrogen-bond donors (Lipinski definition) is 0. The average Bonchev–Trinajstić information content (AvgIpc) is 2.67. The van der Waals surface area contributed by atoms with Gasteiger partial charge < -0.3 is 9.47 Å². The number of aryl methyl sites for hydroxylation is 1. The van der Waals surface area contributed by atoms with Crippen LogP contribution in [0.3, 0.4) is 0 Å². The molecular weight excluding hydrogens is 348 g/mol. The van der Waals surface area contributed by atoms with Crippen molar-refractivity contribution in [3.63, 3.8) is 0 Å². The summed E-state index contributed by atoms with van der Waals surface area (Å²) >= 11 is 6.44. The molecule has 4 nitrogen and oxygen atoms in total. The summed E-state index contributed by atoms with van der Waals surface area (Å²) in [5.74, 6) is 0.603. The molecule has 1 unspecified atom stereocenters. The van der Waals surface area contributed by atoms with Gasteiger partial charge in [-0.15, -0.1) is 6.58 Å². The molecule has 1 aliphatic rings. The van der Waals surface area contributed by atoms with E-state index in [2.05, 4.69) is 35.5 Å². The summed E-state index contributed by atoms with van der Waals surface area (Å²) in [6.07, 6.45) is 3.58. The summed E-state index contributed by atoms with van der Waals surface area (Å²) in [5, 5.41) is 0.624. The van der Waals surface area contributed by atoms with Crippen LogP contribution in [0.5, 0.6) is 5.88 Å². The van der Waals surface area contributed by atoms with Crippen LogP contribution >= 0.6 is 11.6 Å². The van der Waals surface area contributed by atoms with Crippen LogP contribution in [-0.2, 0) is 4.74 Å². The number of benzene rings is 1. The SMILES string of the molecule is C=CC(c1ccccc1C)c1cc(OCCN2CCOCC2)ncc1Cl. The first-order chi connectivity index (χ1) is 12.7. The van der Waals surface area contributed by atoms with Crippen LogP contribution in [0, 0.1) is 6.92 Å². The van der Waals surface area contributed by atoms with E-state index in [4.69, 9.17) is 21.1 Å². The third kappa shape index (κ3) is 4.64. The summed E-state index contributed by atoms with van der Waals surface area (Å²) in [4.78, 5) is 6.66. The number of nitrogens with zero attached hydrogens (tertiary/aromatic N) is 2. The van der Waals surface area contributed by atoms with Crippen molar-refractivity contribution < 1.29 is 9.47 Å². The Morgan fingerprint density at radius 2 is 2.08 bits per heavy atom. The Kier molecular flexibility index (Phi) is 6.67. The van der Waals surface area contributed by atoms with Crippen molar-refractivity contribution in [1.82, 2.24) is 9.88 Å². The average molecular weight is 373 g/mol. The smallest absolute Gasteiger partial charge is 0.213 e. The summed E-state index contributed by atoms with van der Waals surface area (Å²) in [6, 6.07) is 10.2. The van der Waals surface area contributed by atoms with Crippen LogP contribution in [0.2, 0.25) is 5.02 Å². The second-order valence-corrected chi connectivity index (χ2v) is 6.82. The highest BCUT2D eigenvalue weighted by Gasteiger charge is 2.17. The zero-order valence-electron chi connectivity index (χ0n) is 15.2. The number of hydrogen-bond acceptors (Lipinski definition) is 4. The Balaban J connectivity index is 1.72. The Morgan fingerprint density at radius 3 is 2.81 bits per heavy atom. The van der Waals surface area contributed by atoms with Crippen molar-refractivity contribution in [2.45, 2.75) is 12.8 Å². The van der Waals surface area contributed by atoms with Gasteiger partial charge in [-0.25, -0.2) is 4.98 Å². The fourth-order valence-electron chi connectivity index (χ4n) is 3.21. The molecule has 2 aromatic rings. The molecule has 0 bridgehead atoms. The molecular formula is C21H25ClN2O2. The highest BCUT2D eigenvalue weighted by molar-refractivity contribution is 6.31. The van der Waals surface area contributed by atoms with E-state index in [1.54, 1.807) is 6.20 Å². The molecule has 1 atom stereocenters. The fraction of sp³-hybridized carbons (Fsp3) is 0.381. The molecule has 1 aliphatic heterocycles. The Hall–Kier alpha value is -1.88. The van der Waals surface area contributed by atoms with Crippen molar-refractivity contribution >= 4 is 11.6 Å². The number of halogens is 1. The normalized spacial score (nSPS) is 16.2.